The summed E-state index contributed by atoms with van der Waals surface area (Å²) in [6.45, 7) is 3.96. The fourth-order valence-corrected chi connectivity index (χ4v) is 3.85. The maximum Gasteiger partial charge on any atom is 0.222 e. The summed E-state index contributed by atoms with van der Waals surface area (Å²) in [7, 11) is 1.71. The molecule has 0 aliphatic carbocycles. The van der Waals surface area contributed by atoms with E-state index in [4.69, 9.17) is 5.73 Å². The van der Waals surface area contributed by atoms with Crippen molar-refractivity contribution in [1.82, 2.24) is 10.2 Å². The van der Waals surface area contributed by atoms with E-state index in [9.17, 15) is 4.79 Å². The number of nitrogens with two attached hydrogens (primary N) is 1. The first-order chi connectivity index (χ1) is 9.13. The Bertz CT molecular complexity index is 397. The van der Waals surface area contributed by atoms with E-state index in [0.29, 0.717) is 0 Å². The van der Waals surface area contributed by atoms with Gasteiger partial charge in [0.15, 0.2) is 0 Å². The molecule has 3 N–H and O–H groups in total. The van der Waals surface area contributed by atoms with E-state index in [-0.39, 0.29) is 23.9 Å². The number of carbonyl (C=O) groups is 1. The molecule has 106 valence electrons. The normalized spacial score (nSPS) is 21.0. The molecule has 1 aromatic heterocycles. The Morgan fingerprint density at radius 1 is 1.53 bits per heavy atom. The molecule has 0 saturated carbocycles. The summed E-state index contributed by atoms with van der Waals surface area (Å²) in [5.41, 5.74) is 6.17. The molecule has 0 spiro atoms. The third-order valence-electron chi connectivity index (χ3n) is 3.87. The molecule has 0 aromatic carbocycles. The number of hydrogen-bond donors (Lipinski definition) is 2. The van der Waals surface area contributed by atoms with Gasteiger partial charge in [0.05, 0.1) is 6.04 Å². The van der Waals surface area contributed by atoms with Gasteiger partial charge < -0.3 is 11.1 Å². The second-order valence-electron chi connectivity index (χ2n) is 5.24. The van der Waals surface area contributed by atoms with E-state index in [2.05, 4.69) is 34.7 Å². The first-order valence-electron chi connectivity index (χ1n) is 6.88. The monoisotopic (exact) mass is 281 g/mol. The number of thiophene rings is 1. The Morgan fingerprint density at radius 3 is 2.68 bits per heavy atom. The Labute approximate surface area is 119 Å². The maximum absolute atomic E-state index is 11.7. The number of nitrogens with one attached hydrogen (secondary N) is 1. The van der Waals surface area contributed by atoms with Crippen LogP contribution in [0.5, 0.6) is 0 Å². The van der Waals surface area contributed by atoms with Crippen molar-refractivity contribution in [2.24, 2.45) is 11.7 Å². The summed E-state index contributed by atoms with van der Waals surface area (Å²) >= 11 is 1.76. The van der Waals surface area contributed by atoms with Crippen molar-refractivity contribution in [3.63, 3.8) is 0 Å². The average Bonchev–Trinajstić information content (AvgIpc) is 2.92. The van der Waals surface area contributed by atoms with Crippen LogP contribution in [-0.2, 0) is 4.79 Å². The second kappa shape index (κ2) is 6.50. The molecular weight excluding hydrogens is 258 g/mol. The van der Waals surface area contributed by atoms with Crippen molar-refractivity contribution in [3.8, 4) is 0 Å². The molecule has 19 heavy (non-hydrogen) atoms. The minimum atomic E-state index is 0.107. The molecule has 2 rings (SSSR count). The van der Waals surface area contributed by atoms with Gasteiger partial charge in [-0.2, -0.15) is 0 Å². The van der Waals surface area contributed by atoms with Crippen molar-refractivity contribution in [2.45, 2.75) is 31.8 Å². The molecule has 1 fully saturated rings. The lowest BCUT2D eigenvalue weighted by Gasteiger charge is -2.38. The second-order valence-corrected chi connectivity index (χ2v) is 6.22. The molecule has 1 aliphatic rings. The van der Waals surface area contributed by atoms with Gasteiger partial charge >= 0.3 is 0 Å². The lowest BCUT2D eigenvalue weighted by molar-refractivity contribution is -0.126. The first kappa shape index (κ1) is 14.5. The third-order valence-corrected chi connectivity index (χ3v) is 4.82. The summed E-state index contributed by atoms with van der Waals surface area (Å²) in [4.78, 5) is 15.4. The molecule has 5 heteroatoms. The van der Waals surface area contributed by atoms with Crippen molar-refractivity contribution in [2.75, 3.05) is 20.1 Å². The van der Waals surface area contributed by atoms with Crippen LogP contribution in [0.1, 0.15) is 30.7 Å². The summed E-state index contributed by atoms with van der Waals surface area (Å²) in [6, 6.07) is 4.62. The van der Waals surface area contributed by atoms with Crippen LogP contribution in [0, 0.1) is 5.92 Å². The number of likely N-dealkylation sites (tertiary alicyclic amines) is 1. The Kier molecular flexibility index (Phi) is 4.96. The highest BCUT2D eigenvalue weighted by atomic mass is 32.1. The zero-order chi connectivity index (χ0) is 13.8. The Morgan fingerprint density at radius 2 is 2.21 bits per heavy atom. The molecule has 1 saturated heterocycles. The first-order valence-corrected chi connectivity index (χ1v) is 7.76. The summed E-state index contributed by atoms with van der Waals surface area (Å²) in [5, 5.41) is 4.85. The average molecular weight is 281 g/mol. The van der Waals surface area contributed by atoms with E-state index >= 15 is 0 Å². The molecule has 4 nitrogen and oxygen atoms in total. The van der Waals surface area contributed by atoms with E-state index in [0.717, 1.165) is 25.9 Å². The number of amides is 1. The number of hydrogen-bond acceptors (Lipinski definition) is 4. The molecule has 2 unspecified atom stereocenters. The fraction of sp³-hybridized carbons (Fsp3) is 0.643. The van der Waals surface area contributed by atoms with E-state index in [1.807, 2.05) is 0 Å². The van der Waals surface area contributed by atoms with Gasteiger partial charge in [-0.1, -0.05) is 6.07 Å². The molecule has 1 aromatic rings. The lowest BCUT2D eigenvalue weighted by Crippen LogP contribution is -2.45. The van der Waals surface area contributed by atoms with Crippen LogP contribution in [0.25, 0.3) is 0 Å². The Hall–Kier alpha value is -0.910. The van der Waals surface area contributed by atoms with Gasteiger partial charge in [0, 0.05) is 23.9 Å². The largest absolute Gasteiger partial charge is 0.359 e. The van der Waals surface area contributed by atoms with Crippen molar-refractivity contribution in [3.05, 3.63) is 22.4 Å². The van der Waals surface area contributed by atoms with Gasteiger partial charge in [-0.15, -0.1) is 11.3 Å². The predicted octanol–water partition coefficient (Wildman–Crippen LogP) is 1.59. The van der Waals surface area contributed by atoms with Crippen LogP contribution in [0.4, 0.5) is 0 Å². The van der Waals surface area contributed by atoms with Crippen molar-refractivity contribution in [1.29, 1.82) is 0 Å². The third kappa shape index (κ3) is 3.35. The zero-order valence-corrected chi connectivity index (χ0v) is 12.5. The minimum absolute atomic E-state index is 0.107. The van der Waals surface area contributed by atoms with Crippen LogP contribution >= 0.6 is 11.3 Å². The standard InChI is InChI=1S/C14H23N3OS/c1-10(15)13(12-4-3-9-19-12)17-7-5-11(6-8-17)14(18)16-2/h3-4,9-11,13H,5-8,15H2,1-2H3,(H,16,18). The summed E-state index contributed by atoms with van der Waals surface area (Å²) in [5.74, 6) is 0.339. The predicted molar refractivity (Wildman–Crippen MR) is 79.1 cm³/mol. The van der Waals surface area contributed by atoms with Crippen LogP contribution in [-0.4, -0.2) is 37.0 Å². The molecular formula is C14H23N3OS. The highest BCUT2D eigenvalue weighted by Crippen LogP contribution is 2.31. The topological polar surface area (TPSA) is 58.4 Å². The van der Waals surface area contributed by atoms with Crippen LogP contribution in [0.15, 0.2) is 17.5 Å². The quantitative estimate of drug-likeness (QED) is 0.881. The van der Waals surface area contributed by atoms with Gasteiger partial charge in [-0.3, -0.25) is 9.69 Å². The molecule has 0 radical (unpaired) electrons. The van der Waals surface area contributed by atoms with Crippen LogP contribution in [0.2, 0.25) is 0 Å². The highest BCUT2D eigenvalue weighted by Gasteiger charge is 2.31. The van der Waals surface area contributed by atoms with Gasteiger partial charge in [0.25, 0.3) is 0 Å². The summed E-state index contributed by atoms with van der Waals surface area (Å²) in [6.07, 6.45) is 1.85. The number of nitrogens with zero attached hydrogens (tertiary/aromatic N) is 1. The fourth-order valence-electron chi connectivity index (χ4n) is 2.88. The number of carbonyl (C=O) groups excluding carboxylic acids is 1. The van der Waals surface area contributed by atoms with E-state index in [1.165, 1.54) is 4.88 Å². The van der Waals surface area contributed by atoms with Gasteiger partial charge in [-0.05, 0) is 44.3 Å². The zero-order valence-electron chi connectivity index (χ0n) is 11.6. The number of rotatable bonds is 4. The molecule has 1 amide bonds. The summed E-state index contributed by atoms with van der Waals surface area (Å²) < 4.78 is 0. The maximum atomic E-state index is 11.7. The molecule has 2 atom stereocenters. The van der Waals surface area contributed by atoms with Gasteiger partial charge in [0.1, 0.15) is 0 Å². The molecule has 0 bridgehead atoms. The van der Waals surface area contributed by atoms with E-state index < -0.39 is 0 Å². The van der Waals surface area contributed by atoms with Crippen LogP contribution in [0.3, 0.4) is 0 Å². The lowest BCUT2D eigenvalue weighted by atomic mass is 9.93. The van der Waals surface area contributed by atoms with Gasteiger partial charge in [0.2, 0.25) is 5.91 Å². The smallest absolute Gasteiger partial charge is 0.222 e. The van der Waals surface area contributed by atoms with Crippen molar-refractivity contribution < 1.29 is 4.79 Å². The van der Waals surface area contributed by atoms with Crippen molar-refractivity contribution >= 4 is 17.2 Å². The SMILES string of the molecule is CNC(=O)C1CCN(C(c2cccs2)C(C)N)CC1. The minimum Gasteiger partial charge on any atom is -0.359 e. The Balaban J connectivity index is 2.00. The van der Waals surface area contributed by atoms with Crippen LogP contribution < -0.4 is 11.1 Å². The highest BCUT2D eigenvalue weighted by molar-refractivity contribution is 7.10. The number of piperidine rings is 1. The molecule has 1 aliphatic heterocycles. The molecule has 2 heterocycles. The van der Waals surface area contributed by atoms with E-state index in [1.54, 1.807) is 18.4 Å². The van der Waals surface area contributed by atoms with Gasteiger partial charge in [-0.25, -0.2) is 0 Å².